The Bertz CT molecular complexity index is 583. The lowest BCUT2D eigenvalue weighted by molar-refractivity contribution is 0.573. The van der Waals surface area contributed by atoms with Gasteiger partial charge in [0.15, 0.2) is 11.6 Å². The second-order valence-corrected chi connectivity index (χ2v) is 3.84. The molecule has 1 N–H and O–H groups in total. The van der Waals surface area contributed by atoms with Crippen LogP contribution in [-0.2, 0) is 13.0 Å². The van der Waals surface area contributed by atoms with E-state index >= 15 is 0 Å². The monoisotopic (exact) mass is 226 g/mol. The Hall–Kier alpha value is -2.19. The van der Waals surface area contributed by atoms with Crippen LogP contribution in [0.5, 0.6) is 0 Å². The fourth-order valence-electron chi connectivity index (χ4n) is 1.95. The molecular formula is C12H10N4O. The van der Waals surface area contributed by atoms with Crippen molar-refractivity contribution in [2.75, 3.05) is 6.54 Å². The molecule has 3 heterocycles. The van der Waals surface area contributed by atoms with Gasteiger partial charge in [-0.25, -0.2) is 9.97 Å². The van der Waals surface area contributed by atoms with Gasteiger partial charge in [-0.1, -0.05) is 0 Å². The number of fused-ring (bicyclic) bond motifs is 1. The lowest BCUT2D eigenvalue weighted by atomic mass is 10.1. The van der Waals surface area contributed by atoms with Gasteiger partial charge >= 0.3 is 0 Å². The number of nitrogens with one attached hydrogen (secondary N) is 1. The first kappa shape index (κ1) is 10.00. The van der Waals surface area contributed by atoms with E-state index in [1.165, 1.54) is 0 Å². The predicted molar refractivity (Wildman–Crippen MR) is 59.9 cm³/mol. The number of aromatic nitrogens is 2. The number of hydrogen-bond acceptors (Lipinski definition) is 5. The van der Waals surface area contributed by atoms with Crippen molar-refractivity contribution in [3.8, 4) is 17.7 Å². The van der Waals surface area contributed by atoms with Crippen molar-refractivity contribution in [3.05, 3.63) is 35.3 Å². The summed E-state index contributed by atoms with van der Waals surface area (Å²) in [4.78, 5) is 8.71. The molecule has 0 fully saturated rings. The van der Waals surface area contributed by atoms with E-state index in [0.717, 1.165) is 24.2 Å². The van der Waals surface area contributed by atoms with E-state index in [1.807, 2.05) is 0 Å². The molecule has 84 valence electrons. The first-order valence-electron chi connectivity index (χ1n) is 5.43. The van der Waals surface area contributed by atoms with Gasteiger partial charge in [0.25, 0.3) is 0 Å². The number of rotatable bonds is 1. The largest absolute Gasteiger partial charge is 0.461 e. The Morgan fingerprint density at radius 1 is 1.41 bits per heavy atom. The molecule has 0 unspecified atom stereocenters. The number of nitriles is 1. The van der Waals surface area contributed by atoms with Crippen molar-refractivity contribution in [2.45, 2.75) is 13.0 Å². The van der Waals surface area contributed by atoms with Crippen molar-refractivity contribution >= 4 is 0 Å². The van der Waals surface area contributed by atoms with Gasteiger partial charge in [-0.3, -0.25) is 0 Å². The molecule has 0 spiro atoms. The summed E-state index contributed by atoms with van der Waals surface area (Å²) in [5.74, 6) is 1.09. The molecule has 5 nitrogen and oxygen atoms in total. The van der Waals surface area contributed by atoms with Crippen LogP contribution < -0.4 is 5.32 Å². The molecule has 0 amide bonds. The van der Waals surface area contributed by atoms with Crippen LogP contribution >= 0.6 is 0 Å². The van der Waals surface area contributed by atoms with Crippen molar-refractivity contribution in [1.29, 1.82) is 5.26 Å². The SMILES string of the molecule is N#Cc1nc(-c2ccco2)nc2c1CNCC2. The Morgan fingerprint density at radius 3 is 3.12 bits per heavy atom. The fourth-order valence-corrected chi connectivity index (χ4v) is 1.95. The zero-order valence-corrected chi connectivity index (χ0v) is 9.10. The normalized spacial score (nSPS) is 14.1. The maximum absolute atomic E-state index is 9.12. The van der Waals surface area contributed by atoms with Crippen LogP contribution in [0.2, 0.25) is 0 Å². The van der Waals surface area contributed by atoms with E-state index in [9.17, 15) is 0 Å². The van der Waals surface area contributed by atoms with Crippen LogP contribution in [0.25, 0.3) is 11.6 Å². The molecule has 0 radical (unpaired) electrons. The Balaban J connectivity index is 2.17. The number of nitrogens with zero attached hydrogens (tertiary/aromatic N) is 3. The van der Waals surface area contributed by atoms with E-state index < -0.39 is 0 Å². The van der Waals surface area contributed by atoms with Gasteiger partial charge in [0.05, 0.1) is 12.0 Å². The summed E-state index contributed by atoms with van der Waals surface area (Å²) in [7, 11) is 0. The van der Waals surface area contributed by atoms with Crippen LogP contribution in [-0.4, -0.2) is 16.5 Å². The van der Waals surface area contributed by atoms with Gasteiger partial charge < -0.3 is 9.73 Å². The summed E-state index contributed by atoms with van der Waals surface area (Å²) in [6.07, 6.45) is 2.39. The third-order valence-corrected chi connectivity index (χ3v) is 2.78. The molecule has 2 aromatic rings. The highest BCUT2D eigenvalue weighted by Crippen LogP contribution is 2.21. The molecule has 0 atom stereocenters. The second-order valence-electron chi connectivity index (χ2n) is 3.84. The third-order valence-electron chi connectivity index (χ3n) is 2.78. The third kappa shape index (κ3) is 1.69. The lowest BCUT2D eigenvalue weighted by Crippen LogP contribution is -2.26. The van der Waals surface area contributed by atoms with E-state index in [-0.39, 0.29) is 0 Å². The zero-order valence-electron chi connectivity index (χ0n) is 9.10. The van der Waals surface area contributed by atoms with Gasteiger partial charge in [0.2, 0.25) is 0 Å². The maximum Gasteiger partial charge on any atom is 0.197 e. The van der Waals surface area contributed by atoms with Gasteiger partial charge in [-0.05, 0) is 12.1 Å². The van der Waals surface area contributed by atoms with E-state index in [2.05, 4.69) is 21.4 Å². The molecule has 0 aliphatic carbocycles. The topological polar surface area (TPSA) is 74.7 Å². The molecule has 2 aromatic heterocycles. The average Bonchev–Trinajstić information content (AvgIpc) is 2.91. The highest BCUT2D eigenvalue weighted by molar-refractivity contribution is 5.50. The zero-order chi connectivity index (χ0) is 11.7. The van der Waals surface area contributed by atoms with Crippen LogP contribution in [0, 0.1) is 11.3 Å². The van der Waals surface area contributed by atoms with E-state index in [0.29, 0.717) is 23.8 Å². The second kappa shape index (κ2) is 4.00. The van der Waals surface area contributed by atoms with E-state index in [1.54, 1.807) is 18.4 Å². The molecule has 17 heavy (non-hydrogen) atoms. The molecule has 1 aliphatic rings. The van der Waals surface area contributed by atoms with Crippen molar-refractivity contribution in [1.82, 2.24) is 15.3 Å². The lowest BCUT2D eigenvalue weighted by Gasteiger charge is -2.17. The standard InChI is InChI=1S/C12H10N4O/c13-6-10-8-7-14-4-3-9(8)15-12(16-10)11-2-1-5-17-11/h1-2,5,14H,3-4,7H2. The molecule has 0 saturated heterocycles. The first-order valence-corrected chi connectivity index (χ1v) is 5.43. The first-order chi connectivity index (χ1) is 8.38. The molecule has 3 rings (SSSR count). The molecule has 0 saturated carbocycles. The van der Waals surface area contributed by atoms with Crippen LogP contribution in [0.1, 0.15) is 17.0 Å². The van der Waals surface area contributed by atoms with Gasteiger partial charge in [-0.2, -0.15) is 5.26 Å². The molecule has 0 bridgehead atoms. The summed E-state index contributed by atoms with van der Waals surface area (Å²) in [5, 5.41) is 12.3. The highest BCUT2D eigenvalue weighted by atomic mass is 16.3. The Morgan fingerprint density at radius 2 is 2.35 bits per heavy atom. The smallest absolute Gasteiger partial charge is 0.197 e. The van der Waals surface area contributed by atoms with Gasteiger partial charge in [0.1, 0.15) is 11.8 Å². The minimum atomic E-state index is 0.439. The minimum Gasteiger partial charge on any atom is -0.461 e. The summed E-state index contributed by atoms with van der Waals surface area (Å²) in [6, 6.07) is 5.70. The van der Waals surface area contributed by atoms with Crippen LogP contribution in [0.15, 0.2) is 22.8 Å². The van der Waals surface area contributed by atoms with E-state index in [4.69, 9.17) is 9.68 Å². The highest BCUT2D eigenvalue weighted by Gasteiger charge is 2.18. The van der Waals surface area contributed by atoms with Gasteiger partial charge in [-0.15, -0.1) is 0 Å². The summed E-state index contributed by atoms with van der Waals surface area (Å²) < 4.78 is 5.26. The fraction of sp³-hybridized carbons (Fsp3) is 0.250. The molecular weight excluding hydrogens is 216 g/mol. The Kier molecular flexibility index (Phi) is 2.35. The van der Waals surface area contributed by atoms with Crippen molar-refractivity contribution in [3.63, 3.8) is 0 Å². The number of hydrogen-bond donors (Lipinski definition) is 1. The minimum absolute atomic E-state index is 0.439. The Labute approximate surface area is 98.1 Å². The van der Waals surface area contributed by atoms with Crippen LogP contribution in [0.3, 0.4) is 0 Å². The summed E-state index contributed by atoms with van der Waals surface area (Å²) >= 11 is 0. The average molecular weight is 226 g/mol. The van der Waals surface area contributed by atoms with Crippen molar-refractivity contribution < 1.29 is 4.42 Å². The molecule has 5 heteroatoms. The summed E-state index contributed by atoms with van der Waals surface area (Å²) in [5.41, 5.74) is 2.30. The van der Waals surface area contributed by atoms with Crippen molar-refractivity contribution in [2.24, 2.45) is 0 Å². The van der Waals surface area contributed by atoms with Gasteiger partial charge in [0, 0.05) is 25.1 Å². The predicted octanol–water partition coefficient (Wildman–Crippen LogP) is 1.25. The molecule has 1 aliphatic heterocycles. The number of furan rings is 1. The van der Waals surface area contributed by atoms with Crippen LogP contribution in [0.4, 0.5) is 0 Å². The quantitative estimate of drug-likeness (QED) is 0.792. The summed E-state index contributed by atoms with van der Waals surface area (Å²) in [6.45, 7) is 1.54. The maximum atomic E-state index is 9.12. The molecule has 0 aromatic carbocycles.